The molecule has 2 rings (SSSR count). The molecule has 0 atom stereocenters. The van der Waals surface area contributed by atoms with Crippen molar-refractivity contribution in [3.8, 4) is 0 Å². The van der Waals surface area contributed by atoms with E-state index in [2.05, 4.69) is 15.3 Å². The number of hydrogen-bond acceptors (Lipinski definition) is 6. The fraction of sp³-hybridized carbons (Fsp3) is 0.600. The van der Waals surface area contributed by atoms with E-state index in [0.29, 0.717) is 5.69 Å². The zero-order chi connectivity index (χ0) is 16.8. The molecule has 1 aromatic rings. The standard InChI is InChI=1S/C15H21N3O4S/c1-9-12(14(20)22-2)13(18-15(21)16-9)23-8-11(19)17-10-6-4-3-5-7-10/h10H,3-8H2,1-2H3,(H,17,19)(H,16,18,21). The van der Waals surface area contributed by atoms with Gasteiger partial charge in [0.05, 0.1) is 12.9 Å². The number of carbonyl (C=O) groups is 2. The second-order valence-electron chi connectivity index (χ2n) is 5.53. The van der Waals surface area contributed by atoms with E-state index in [4.69, 9.17) is 4.74 Å². The number of carbonyl (C=O) groups excluding carboxylic acids is 2. The molecule has 0 radical (unpaired) electrons. The fourth-order valence-electron chi connectivity index (χ4n) is 2.66. The normalized spacial score (nSPS) is 15.2. The summed E-state index contributed by atoms with van der Waals surface area (Å²) in [4.78, 5) is 41.6. The Labute approximate surface area is 138 Å². The predicted molar refractivity (Wildman–Crippen MR) is 86.7 cm³/mol. The number of aromatic amines is 1. The van der Waals surface area contributed by atoms with E-state index in [9.17, 15) is 14.4 Å². The average molecular weight is 339 g/mol. The van der Waals surface area contributed by atoms with Crippen LogP contribution in [0.3, 0.4) is 0 Å². The van der Waals surface area contributed by atoms with E-state index in [0.717, 1.165) is 37.4 Å². The van der Waals surface area contributed by atoms with Crippen molar-refractivity contribution in [2.45, 2.75) is 50.1 Å². The molecule has 1 saturated carbocycles. The van der Waals surface area contributed by atoms with E-state index < -0.39 is 11.7 Å². The smallest absolute Gasteiger partial charge is 0.346 e. The van der Waals surface area contributed by atoms with Gasteiger partial charge in [0.1, 0.15) is 10.6 Å². The summed E-state index contributed by atoms with van der Waals surface area (Å²) in [5.74, 6) is -0.588. The van der Waals surface area contributed by atoms with Gasteiger partial charge in [-0.1, -0.05) is 31.0 Å². The number of thioether (sulfide) groups is 1. The molecule has 8 heteroatoms. The van der Waals surface area contributed by atoms with Crippen LogP contribution in [0.1, 0.15) is 48.2 Å². The lowest BCUT2D eigenvalue weighted by Crippen LogP contribution is -2.37. The summed E-state index contributed by atoms with van der Waals surface area (Å²) < 4.78 is 4.71. The van der Waals surface area contributed by atoms with Crippen molar-refractivity contribution < 1.29 is 14.3 Å². The number of nitrogens with one attached hydrogen (secondary N) is 2. The highest BCUT2D eigenvalue weighted by Crippen LogP contribution is 2.22. The summed E-state index contributed by atoms with van der Waals surface area (Å²) in [6.45, 7) is 1.60. The van der Waals surface area contributed by atoms with Crippen molar-refractivity contribution in [2.24, 2.45) is 0 Å². The highest BCUT2D eigenvalue weighted by atomic mass is 32.2. The molecule has 2 N–H and O–H groups in total. The Bertz CT molecular complexity index is 638. The molecule has 1 heterocycles. The van der Waals surface area contributed by atoms with Crippen molar-refractivity contribution in [3.63, 3.8) is 0 Å². The molecule has 1 aromatic heterocycles. The van der Waals surface area contributed by atoms with Crippen LogP contribution in [0.25, 0.3) is 0 Å². The molecule has 0 bridgehead atoms. The second-order valence-corrected chi connectivity index (χ2v) is 6.49. The van der Waals surface area contributed by atoms with Crippen LogP contribution in [0.5, 0.6) is 0 Å². The first-order valence-corrected chi connectivity index (χ1v) is 8.61. The summed E-state index contributed by atoms with van der Waals surface area (Å²) in [6.07, 6.45) is 5.51. The Morgan fingerprint density at radius 3 is 2.70 bits per heavy atom. The van der Waals surface area contributed by atoms with E-state index in [-0.39, 0.29) is 28.3 Å². The Hall–Kier alpha value is -1.83. The minimum absolute atomic E-state index is 0.108. The number of aromatic nitrogens is 2. The summed E-state index contributed by atoms with van der Waals surface area (Å²) >= 11 is 1.07. The minimum Gasteiger partial charge on any atom is -0.465 e. The van der Waals surface area contributed by atoms with Gasteiger partial charge in [-0.25, -0.2) is 9.59 Å². The maximum atomic E-state index is 12.0. The second kappa shape index (κ2) is 8.14. The molecule has 0 unspecified atom stereocenters. The van der Waals surface area contributed by atoms with Crippen molar-refractivity contribution >= 4 is 23.6 Å². The van der Waals surface area contributed by atoms with Gasteiger partial charge in [-0.15, -0.1) is 0 Å². The van der Waals surface area contributed by atoms with Crippen LogP contribution in [0.4, 0.5) is 0 Å². The number of hydrogen-bond donors (Lipinski definition) is 2. The number of nitrogens with zero attached hydrogens (tertiary/aromatic N) is 1. The van der Waals surface area contributed by atoms with Crippen LogP contribution < -0.4 is 11.0 Å². The fourth-order valence-corrected chi connectivity index (χ4v) is 3.54. The van der Waals surface area contributed by atoms with E-state index in [1.807, 2.05) is 0 Å². The highest BCUT2D eigenvalue weighted by Gasteiger charge is 2.20. The molecule has 1 aliphatic rings. The Balaban J connectivity index is 2.03. The maximum absolute atomic E-state index is 12.0. The van der Waals surface area contributed by atoms with Crippen LogP contribution in [-0.4, -0.2) is 40.7 Å². The van der Waals surface area contributed by atoms with Crippen molar-refractivity contribution in [2.75, 3.05) is 12.9 Å². The third-order valence-electron chi connectivity index (χ3n) is 3.79. The van der Waals surface area contributed by atoms with Crippen LogP contribution >= 0.6 is 11.8 Å². The van der Waals surface area contributed by atoms with Crippen LogP contribution in [0.15, 0.2) is 9.82 Å². The van der Waals surface area contributed by atoms with Gasteiger partial charge in [-0.3, -0.25) is 4.79 Å². The number of amides is 1. The SMILES string of the molecule is COC(=O)c1c(SCC(=O)NC2CCCCC2)nc(=O)[nH]c1C. The zero-order valence-corrected chi connectivity index (χ0v) is 14.1. The number of methoxy groups -OCH3 is 1. The third kappa shape index (κ3) is 4.82. The molecular formula is C15H21N3O4S. The number of rotatable bonds is 5. The third-order valence-corrected chi connectivity index (χ3v) is 4.76. The van der Waals surface area contributed by atoms with Crippen molar-refractivity contribution in [1.29, 1.82) is 0 Å². The molecule has 0 aromatic carbocycles. The summed E-state index contributed by atoms with van der Waals surface area (Å²) in [6, 6.07) is 0.228. The Morgan fingerprint density at radius 1 is 1.35 bits per heavy atom. The van der Waals surface area contributed by atoms with Gasteiger partial charge in [-0.2, -0.15) is 4.98 Å². The largest absolute Gasteiger partial charge is 0.465 e. The van der Waals surface area contributed by atoms with Gasteiger partial charge in [0.15, 0.2) is 0 Å². The molecule has 1 fully saturated rings. The topological polar surface area (TPSA) is 101 Å². The number of H-pyrrole nitrogens is 1. The van der Waals surface area contributed by atoms with Gasteiger partial charge < -0.3 is 15.0 Å². The molecule has 23 heavy (non-hydrogen) atoms. The molecule has 7 nitrogen and oxygen atoms in total. The average Bonchev–Trinajstić information content (AvgIpc) is 2.52. The van der Waals surface area contributed by atoms with Crippen molar-refractivity contribution in [3.05, 3.63) is 21.7 Å². The van der Waals surface area contributed by atoms with Gasteiger partial charge in [-0.05, 0) is 19.8 Å². The molecule has 0 aliphatic heterocycles. The lowest BCUT2D eigenvalue weighted by atomic mass is 9.95. The summed E-state index contributed by atoms with van der Waals surface area (Å²) in [5, 5.41) is 3.21. The first-order valence-electron chi connectivity index (χ1n) is 7.62. The molecule has 0 spiro atoms. The monoisotopic (exact) mass is 339 g/mol. The van der Waals surface area contributed by atoms with E-state index >= 15 is 0 Å². The Morgan fingerprint density at radius 2 is 2.04 bits per heavy atom. The van der Waals surface area contributed by atoms with Crippen LogP contribution in [-0.2, 0) is 9.53 Å². The number of aryl methyl sites for hydroxylation is 1. The quantitative estimate of drug-likeness (QED) is 0.478. The summed E-state index contributed by atoms with van der Waals surface area (Å²) in [7, 11) is 1.26. The number of ether oxygens (including phenoxy) is 1. The van der Waals surface area contributed by atoms with Gasteiger partial charge in [0.25, 0.3) is 0 Å². The van der Waals surface area contributed by atoms with Crippen LogP contribution in [0.2, 0.25) is 0 Å². The van der Waals surface area contributed by atoms with Crippen molar-refractivity contribution in [1.82, 2.24) is 15.3 Å². The van der Waals surface area contributed by atoms with E-state index in [1.54, 1.807) is 6.92 Å². The predicted octanol–water partition coefficient (Wildman–Crippen LogP) is 1.41. The molecular weight excluding hydrogens is 318 g/mol. The van der Waals surface area contributed by atoms with Gasteiger partial charge >= 0.3 is 11.7 Å². The lowest BCUT2D eigenvalue weighted by molar-refractivity contribution is -0.119. The maximum Gasteiger partial charge on any atom is 0.346 e. The molecule has 126 valence electrons. The first-order chi connectivity index (χ1) is 11.0. The lowest BCUT2D eigenvalue weighted by Gasteiger charge is -2.22. The highest BCUT2D eigenvalue weighted by molar-refractivity contribution is 8.00. The van der Waals surface area contributed by atoms with Gasteiger partial charge in [0, 0.05) is 11.7 Å². The Kier molecular flexibility index (Phi) is 6.20. The van der Waals surface area contributed by atoms with E-state index in [1.165, 1.54) is 13.5 Å². The zero-order valence-electron chi connectivity index (χ0n) is 13.3. The molecule has 0 saturated heterocycles. The minimum atomic E-state index is -0.582. The number of esters is 1. The first kappa shape index (κ1) is 17.5. The summed E-state index contributed by atoms with van der Waals surface area (Å²) in [5.41, 5.74) is 0.0277. The molecule has 1 amide bonds. The van der Waals surface area contributed by atoms with Gasteiger partial charge in [0.2, 0.25) is 5.91 Å². The molecule has 1 aliphatic carbocycles. The van der Waals surface area contributed by atoms with Crippen LogP contribution in [0, 0.1) is 6.92 Å².